The Hall–Kier alpha value is -1.84. The van der Waals surface area contributed by atoms with Gasteiger partial charge in [-0.3, -0.25) is 18.9 Å². The van der Waals surface area contributed by atoms with Gasteiger partial charge in [0.05, 0.1) is 71.2 Å². The minimum absolute atomic E-state index is 0.0970. The highest BCUT2D eigenvalue weighted by atomic mass is 31.2. The Morgan fingerprint density at radius 1 is 0.449 bits per heavy atom. The fourth-order valence-corrected chi connectivity index (χ4v) is 13.0. The van der Waals surface area contributed by atoms with Crippen molar-refractivity contribution < 1.29 is 77.2 Å². The SMILES string of the molecule is CCCCCCCCCCCCCCCCCCCCCCCCCC(=O)N[C@@H](CO[C@H]1O[C@H](CNC(=O)CCCCC(=O)NCCOCCOCCOCCCP(=O)(OCC)OCC)[C@H](O)[C@H](O)[C@H]1O)[C@H](O)[C@H](O)CCCCCCCCCCCCCC. The molecule has 0 radical (unpaired) electrons. The van der Waals surface area contributed by atoms with Crippen LogP contribution < -0.4 is 16.0 Å². The van der Waals surface area contributed by atoms with E-state index < -0.39 is 56.6 Å². The Kier molecular flexibility index (Phi) is 58.4. The van der Waals surface area contributed by atoms with Crippen LogP contribution in [-0.2, 0) is 51.7 Å². The third-order valence-corrected chi connectivity index (χ3v) is 19.0. The van der Waals surface area contributed by atoms with Gasteiger partial charge in [0.2, 0.25) is 17.7 Å². The Morgan fingerprint density at radius 3 is 1.28 bits per heavy atom. The number of ether oxygens (including phenoxy) is 5. The highest BCUT2D eigenvalue weighted by Crippen LogP contribution is 2.48. The molecule has 528 valence electrons. The zero-order valence-corrected chi connectivity index (χ0v) is 57.9. The summed E-state index contributed by atoms with van der Waals surface area (Å²) in [6.07, 6.45) is 36.1. The maximum absolute atomic E-state index is 13.4. The lowest BCUT2D eigenvalue weighted by molar-refractivity contribution is -0.297. The summed E-state index contributed by atoms with van der Waals surface area (Å²) in [5, 5.41) is 63.7. The summed E-state index contributed by atoms with van der Waals surface area (Å²) in [7, 11) is -3.06. The predicted molar refractivity (Wildman–Crippen MR) is 356 cm³/mol. The summed E-state index contributed by atoms with van der Waals surface area (Å²) in [6, 6.07) is -1.06. The van der Waals surface area contributed by atoms with Crippen LogP contribution in [0, 0.1) is 0 Å². The van der Waals surface area contributed by atoms with E-state index in [2.05, 4.69) is 29.8 Å². The molecule has 19 nitrogen and oxygen atoms in total. The van der Waals surface area contributed by atoms with E-state index >= 15 is 0 Å². The highest BCUT2D eigenvalue weighted by Gasteiger charge is 2.45. The van der Waals surface area contributed by atoms with Crippen LogP contribution in [0.2, 0.25) is 0 Å². The molecule has 89 heavy (non-hydrogen) atoms. The second-order valence-electron chi connectivity index (χ2n) is 25.0. The molecule has 0 spiro atoms. The van der Waals surface area contributed by atoms with Crippen molar-refractivity contribution >= 4 is 25.3 Å². The van der Waals surface area contributed by atoms with Crippen molar-refractivity contribution in [2.24, 2.45) is 0 Å². The van der Waals surface area contributed by atoms with E-state index in [1.807, 2.05) is 0 Å². The van der Waals surface area contributed by atoms with Crippen molar-refractivity contribution in [1.29, 1.82) is 0 Å². The van der Waals surface area contributed by atoms with Gasteiger partial charge in [0, 0.05) is 39.0 Å². The summed E-state index contributed by atoms with van der Waals surface area (Å²) in [5.41, 5.74) is 0. The molecule has 0 aromatic rings. The van der Waals surface area contributed by atoms with E-state index in [9.17, 15) is 44.5 Å². The molecule has 8 N–H and O–H groups in total. The molecule has 0 aromatic heterocycles. The maximum atomic E-state index is 13.4. The van der Waals surface area contributed by atoms with Crippen molar-refractivity contribution in [3.63, 3.8) is 0 Å². The standard InChI is InChI=1S/C69H136N3O16P/c1-5-9-11-13-15-17-19-21-22-23-24-25-26-27-28-29-30-31-33-35-37-39-41-48-64(76)72-59(65(77)60(73)45-40-38-36-34-32-20-18-16-14-12-10-6-2)58-85-69-68(80)67(79)66(78)61(88-69)57-71-63(75)47-43-42-46-62(74)70-49-51-83-53-55-84-54-52-82-50-44-56-89(81,86-7-3)87-8-4/h59-61,65-69,73,77-80H,5-58H2,1-4H3,(H,70,74)(H,71,75)(H,72,76)/t59-,60+,61+,65-,66-,67-,68+,69-/m0/s1. The lowest BCUT2D eigenvalue weighted by Crippen LogP contribution is -2.61. The van der Waals surface area contributed by atoms with Gasteiger partial charge in [0.1, 0.15) is 30.5 Å². The second-order valence-corrected chi connectivity index (χ2v) is 27.2. The third-order valence-electron chi connectivity index (χ3n) is 16.9. The molecule has 1 aliphatic heterocycles. The van der Waals surface area contributed by atoms with E-state index in [4.69, 9.17) is 32.7 Å². The fraction of sp³-hybridized carbons (Fsp3) is 0.957. The van der Waals surface area contributed by atoms with Crippen LogP contribution in [0.4, 0.5) is 0 Å². The smallest absolute Gasteiger partial charge is 0.330 e. The van der Waals surface area contributed by atoms with Crippen LogP contribution in [-0.4, -0.2) is 171 Å². The van der Waals surface area contributed by atoms with Gasteiger partial charge in [-0.2, -0.15) is 0 Å². The number of amides is 3. The maximum Gasteiger partial charge on any atom is 0.330 e. The van der Waals surface area contributed by atoms with Crippen molar-refractivity contribution in [2.75, 3.05) is 78.7 Å². The van der Waals surface area contributed by atoms with Gasteiger partial charge in [-0.25, -0.2) is 0 Å². The zero-order valence-electron chi connectivity index (χ0n) is 57.0. The Morgan fingerprint density at radius 2 is 0.831 bits per heavy atom. The average molecular weight is 1290 g/mol. The quantitative estimate of drug-likeness (QED) is 0.0208. The summed E-state index contributed by atoms with van der Waals surface area (Å²) < 4.78 is 51.4. The molecular formula is C69H136N3O16P. The first-order valence-electron chi connectivity index (χ1n) is 36.4. The molecule has 8 atom stereocenters. The predicted octanol–water partition coefficient (Wildman–Crippen LogP) is 13.0. The first-order valence-corrected chi connectivity index (χ1v) is 38.2. The molecule has 0 aromatic carbocycles. The molecule has 1 heterocycles. The van der Waals surface area contributed by atoms with Gasteiger partial charge < -0.3 is 74.2 Å². The summed E-state index contributed by atoms with van der Waals surface area (Å²) in [5.74, 6) is -0.821. The van der Waals surface area contributed by atoms with Gasteiger partial charge in [0.25, 0.3) is 0 Å². The molecule has 1 rings (SSSR count). The van der Waals surface area contributed by atoms with Crippen molar-refractivity contribution in [2.45, 2.75) is 346 Å². The van der Waals surface area contributed by atoms with Crippen LogP contribution in [0.1, 0.15) is 297 Å². The molecule has 0 unspecified atom stereocenters. The van der Waals surface area contributed by atoms with Crippen LogP contribution in [0.3, 0.4) is 0 Å². The number of aliphatic hydroxyl groups is 5. The van der Waals surface area contributed by atoms with E-state index in [1.165, 1.54) is 173 Å². The lowest BCUT2D eigenvalue weighted by atomic mass is 9.98. The number of carbonyl (C=O) groups excluding carboxylic acids is 3. The van der Waals surface area contributed by atoms with Crippen molar-refractivity contribution in [1.82, 2.24) is 16.0 Å². The highest BCUT2D eigenvalue weighted by molar-refractivity contribution is 7.53. The first-order chi connectivity index (χ1) is 43.3. The Bertz CT molecular complexity index is 1650. The molecule has 0 saturated carbocycles. The first kappa shape index (κ1) is 85.2. The minimum Gasteiger partial charge on any atom is -0.390 e. The molecule has 3 amide bonds. The topological polar surface area (TPSA) is 270 Å². The minimum atomic E-state index is -3.06. The zero-order chi connectivity index (χ0) is 65.1. The van der Waals surface area contributed by atoms with Gasteiger partial charge in [-0.1, -0.05) is 232 Å². The van der Waals surface area contributed by atoms with Gasteiger partial charge in [0.15, 0.2) is 6.29 Å². The number of hydrogen-bond acceptors (Lipinski definition) is 16. The lowest BCUT2D eigenvalue weighted by Gasteiger charge is -2.41. The third kappa shape index (κ3) is 49.4. The van der Waals surface area contributed by atoms with E-state index in [1.54, 1.807) is 13.8 Å². The number of nitrogens with one attached hydrogen (secondary N) is 3. The van der Waals surface area contributed by atoms with E-state index in [0.717, 1.165) is 38.5 Å². The number of rotatable bonds is 67. The molecule has 0 aliphatic carbocycles. The molecule has 1 saturated heterocycles. The Labute approximate surface area is 541 Å². The average Bonchev–Trinajstić information content (AvgIpc) is 1.96. The molecule has 20 heteroatoms. The number of unbranched alkanes of at least 4 members (excludes halogenated alkanes) is 34. The largest absolute Gasteiger partial charge is 0.390 e. The van der Waals surface area contributed by atoms with Gasteiger partial charge >= 0.3 is 7.60 Å². The van der Waals surface area contributed by atoms with Crippen LogP contribution in [0.5, 0.6) is 0 Å². The van der Waals surface area contributed by atoms with Crippen LogP contribution in [0.15, 0.2) is 0 Å². The number of aliphatic hydroxyl groups excluding tert-OH is 5. The van der Waals surface area contributed by atoms with Gasteiger partial charge in [-0.15, -0.1) is 0 Å². The van der Waals surface area contributed by atoms with Crippen molar-refractivity contribution in [3.8, 4) is 0 Å². The number of hydrogen-bond donors (Lipinski definition) is 8. The fourth-order valence-electron chi connectivity index (χ4n) is 11.3. The molecular weight excluding hydrogens is 1160 g/mol. The molecule has 1 aliphatic rings. The van der Waals surface area contributed by atoms with Crippen LogP contribution >= 0.6 is 7.60 Å². The number of carbonyl (C=O) groups is 3. The van der Waals surface area contributed by atoms with E-state index in [0.29, 0.717) is 104 Å². The molecule has 0 bridgehead atoms. The Balaban J connectivity index is 2.46. The van der Waals surface area contributed by atoms with Crippen molar-refractivity contribution in [3.05, 3.63) is 0 Å². The second kappa shape index (κ2) is 61.1. The monoisotopic (exact) mass is 1290 g/mol. The summed E-state index contributed by atoms with van der Waals surface area (Å²) >= 11 is 0. The molecule has 1 fully saturated rings. The summed E-state index contributed by atoms with van der Waals surface area (Å²) in [6.45, 7) is 10.7. The summed E-state index contributed by atoms with van der Waals surface area (Å²) in [4.78, 5) is 38.6. The van der Waals surface area contributed by atoms with E-state index in [-0.39, 0.29) is 50.1 Å². The van der Waals surface area contributed by atoms with Crippen LogP contribution in [0.25, 0.3) is 0 Å². The normalized spacial score (nSPS) is 18.1. The van der Waals surface area contributed by atoms with Gasteiger partial charge in [-0.05, 0) is 46.0 Å².